The van der Waals surface area contributed by atoms with Gasteiger partial charge in [-0.1, -0.05) is 30.7 Å². The first kappa shape index (κ1) is 26.6. The predicted molar refractivity (Wildman–Crippen MR) is 145 cm³/mol. The van der Waals surface area contributed by atoms with E-state index in [0.29, 0.717) is 22.8 Å². The topological polar surface area (TPSA) is 141 Å². The molecule has 1 aromatic heterocycles. The number of aromatic carboxylic acids is 1. The lowest BCUT2D eigenvalue weighted by Crippen LogP contribution is -2.59. The number of nitrogens with one attached hydrogen (secondary N) is 1. The van der Waals surface area contributed by atoms with Crippen LogP contribution in [0.15, 0.2) is 58.2 Å². The fourth-order valence-electron chi connectivity index (χ4n) is 5.91. The van der Waals surface area contributed by atoms with Crippen molar-refractivity contribution in [2.24, 2.45) is 5.92 Å². The highest BCUT2D eigenvalue weighted by Crippen LogP contribution is 2.55. The van der Waals surface area contributed by atoms with Crippen LogP contribution >= 0.6 is 11.6 Å². The lowest BCUT2D eigenvalue weighted by Gasteiger charge is -2.41. The maximum absolute atomic E-state index is 14.4. The summed E-state index contributed by atoms with van der Waals surface area (Å²) in [6, 6.07) is 11.0. The molecular formula is C30H24ClNO9. The second-order valence-corrected chi connectivity index (χ2v) is 10.6. The Morgan fingerprint density at radius 1 is 1.02 bits per heavy atom. The van der Waals surface area contributed by atoms with Gasteiger partial charge in [0.2, 0.25) is 23.1 Å². The molecule has 10 nitrogen and oxygen atoms in total. The number of carboxylic acid groups (broad SMARTS) is 1. The molecule has 2 aromatic carbocycles. The first-order valence-corrected chi connectivity index (χ1v) is 13.2. The zero-order valence-corrected chi connectivity index (χ0v) is 23.0. The third-order valence-electron chi connectivity index (χ3n) is 7.94. The smallest absolute Gasteiger partial charge is 0.335 e. The Bertz CT molecular complexity index is 1690. The Morgan fingerprint density at radius 3 is 2.39 bits per heavy atom. The molecule has 0 saturated heterocycles. The Morgan fingerprint density at radius 2 is 1.73 bits per heavy atom. The summed E-state index contributed by atoms with van der Waals surface area (Å²) in [6.45, 7) is 1.71. The molecule has 11 heteroatoms. The lowest BCUT2D eigenvalue weighted by molar-refractivity contribution is -0.131. The van der Waals surface area contributed by atoms with Crippen LogP contribution in [-0.4, -0.2) is 48.4 Å². The van der Waals surface area contributed by atoms with Gasteiger partial charge in [0.05, 0.1) is 25.7 Å². The minimum absolute atomic E-state index is 0.0126. The van der Waals surface area contributed by atoms with E-state index in [1.165, 1.54) is 32.4 Å². The fraction of sp³-hybridized carbons (Fsp3) is 0.267. The molecule has 0 fully saturated rings. The van der Waals surface area contributed by atoms with Gasteiger partial charge >= 0.3 is 5.97 Å². The second kappa shape index (κ2) is 9.52. The quantitative estimate of drug-likeness (QED) is 0.409. The van der Waals surface area contributed by atoms with E-state index in [0.717, 1.165) is 0 Å². The number of methoxy groups -OCH3 is 2. The first-order valence-electron chi connectivity index (χ1n) is 12.8. The molecule has 6 rings (SSSR count). The van der Waals surface area contributed by atoms with Gasteiger partial charge in [0.25, 0.3) is 0 Å². The number of halogens is 1. The van der Waals surface area contributed by atoms with Gasteiger partial charge in [-0.3, -0.25) is 14.4 Å². The molecule has 2 N–H and O–H groups in total. The summed E-state index contributed by atoms with van der Waals surface area (Å²) in [5, 5.41) is 12.0. The molecule has 2 aliphatic heterocycles. The van der Waals surface area contributed by atoms with Crippen molar-refractivity contribution in [3.05, 3.63) is 75.6 Å². The zero-order chi connectivity index (χ0) is 29.2. The minimum atomic E-state index is -1.92. The van der Waals surface area contributed by atoms with Crippen molar-refractivity contribution in [2.45, 2.75) is 31.3 Å². The van der Waals surface area contributed by atoms with Gasteiger partial charge in [0, 0.05) is 35.2 Å². The van der Waals surface area contributed by atoms with E-state index in [2.05, 4.69) is 5.32 Å². The van der Waals surface area contributed by atoms with Crippen LogP contribution in [0.2, 0.25) is 5.02 Å². The summed E-state index contributed by atoms with van der Waals surface area (Å²) in [5.41, 5.74) is -0.468. The number of carbonyl (C=O) groups is 4. The monoisotopic (exact) mass is 577 g/mol. The van der Waals surface area contributed by atoms with Crippen LogP contribution in [0, 0.1) is 5.92 Å². The van der Waals surface area contributed by atoms with Crippen molar-refractivity contribution >= 4 is 35.0 Å². The van der Waals surface area contributed by atoms with E-state index in [1.807, 2.05) is 0 Å². The van der Waals surface area contributed by atoms with Crippen LogP contribution in [0.1, 0.15) is 52.2 Å². The summed E-state index contributed by atoms with van der Waals surface area (Å²) in [4.78, 5) is 52.5. The largest absolute Gasteiger partial charge is 0.496 e. The third kappa shape index (κ3) is 3.85. The fourth-order valence-corrected chi connectivity index (χ4v) is 6.17. The van der Waals surface area contributed by atoms with Gasteiger partial charge < -0.3 is 29.1 Å². The maximum atomic E-state index is 14.4. The summed E-state index contributed by atoms with van der Waals surface area (Å²) in [7, 11) is 2.81. The molecule has 1 spiro atoms. The summed E-state index contributed by atoms with van der Waals surface area (Å²) < 4.78 is 23.1. The molecule has 0 bridgehead atoms. The first-order chi connectivity index (χ1) is 19.6. The lowest BCUT2D eigenvalue weighted by atomic mass is 9.67. The molecule has 1 amide bonds. The highest BCUT2D eigenvalue weighted by atomic mass is 35.5. The highest BCUT2D eigenvalue weighted by Gasteiger charge is 2.63. The van der Waals surface area contributed by atoms with Crippen molar-refractivity contribution in [3.63, 3.8) is 0 Å². The minimum Gasteiger partial charge on any atom is -0.496 e. The molecule has 3 atom stereocenters. The standard InChI is InChI=1S/C30H24ClNO9/c1-13-10-17-23(27(34)30(13)28(35)24-20(38-2)12-21(39-3)25(31)26(24)41-30)16(11-22(33)32-17)19-9-8-18(40-19)14-4-6-15(7-5-14)29(36)37/h4-9,12-13,16H,10-11H2,1-3H3,(H,32,33)(H,36,37)/t13-,16?,30+/m1/s1. The Balaban J connectivity index is 1.42. The van der Waals surface area contributed by atoms with Crippen LogP contribution < -0.4 is 19.5 Å². The van der Waals surface area contributed by atoms with Crippen LogP contribution in [0.5, 0.6) is 17.2 Å². The molecule has 3 heterocycles. The SMILES string of the molecule is COc1cc(OC)c2c(c1Cl)O[C@@]1(C(=O)C3=C(C[C@H]1C)NC(=O)CC3c1ccc(-c3ccc(C(=O)O)cc3)o1)C2=O. The maximum Gasteiger partial charge on any atom is 0.335 e. The normalized spacial score (nSPS) is 23.2. The van der Waals surface area contributed by atoms with Crippen molar-refractivity contribution < 1.29 is 42.9 Å². The van der Waals surface area contributed by atoms with Gasteiger partial charge in [-0.05, 0) is 30.7 Å². The molecule has 3 aromatic rings. The zero-order valence-electron chi connectivity index (χ0n) is 22.2. The van der Waals surface area contributed by atoms with E-state index >= 15 is 0 Å². The molecule has 1 aliphatic carbocycles. The predicted octanol–water partition coefficient (Wildman–Crippen LogP) is 4.80. The molecular weight excluding hydrogens is 554 g/mol. The number of ether oxygens (including phenoxy) is 3. The van der Waals surface area contributed by atoms with Gasteiger partial charge in [-0.2, -0.15) is 0 Å². The third-order valence-corrected chi connectivity index (χ3v) is 8.30. The highest BCUT2D eigenvalue weighted by molar-refractivity contribution is 6.36. The molecule has 3 aliphatic rings. The van der Waals surface area contributed by atoms with E-state index in [9.17, 15) is 24.3 Å². The van der Waals surface area contributed by atoms with Gasteiger partial charge in [0.1, 0.15) is 33.6 Å². The molecule has 210 valence electrons. The van der Waals surface area contributed by atoms with Crippen molar-refractivity contribution in [1.82, 2.24) is 5.32 Å². The van der Waals surface area contributed by atoms with Crippen LogP contribution in [0.25, 0.3) is 11.3 Å². The Labute approximate surface area is 238 Å². The van der Waals surface area contributed by atoms with E-state index in [1.54, 1.807) is 31.2 Å². The summed E-state index contributed by atoms with van der Waals surface area (Å²) in [5.74, 6) is -2.75. The average Bonchev–Trinajstić information content (AvgIpc) is 3.56. The second-order valence-electron chi connectivity index (χ2n) is 10.2. The van der Waals surface area contributed by atoms with Gasteiger partial charge in [-0.25, -0.2) is 4.79 Å². The van der Waals surface area contributed by atoms with E-state index < -0.39 is 35.0 Å². The number of fused-ring (bicyclic) bond motifs is 1. The van der Waals surface area contributed by atoms with E-state index in [-0.39, 0.29) is 57.7 Å². The number of Topliss-reactive ketones (excluding diaryl/α,β-unsaturated/α-hetero) is 2. The van der Waals surface area contributed by atoms with Crippen LogP contribution in [-0.2, 0) is 9.59 Å². The number of ketones is 2. The van der Waals surface area contributed by atoms with Crippen LogP contribution in [0.3, 0.4) is 0 Å². The Hall–Kier alpha value is -4.57. The Kier molecular flexibility index (Phi) is 6.18. The molecule has 0 saturated carbocycles. The van der Waals surface area contributed by atoms with Crippen molar-refractivity contribution in [1.29, 1.82) is 0 Å². The number of carbonyl (C=O) groups excluding carboxylic acids is 3. The molecule has 0 radical (unpaired) electrons. The summed E-state index contributed by atoms with van der Waals surface area (Å²) >= 11 is 6.53. The number of hydrogen-bond acceptors (Lipinski definition) is 8. The van der Waals surface area contributed by atoms with E-state index in [4.69, 9.17) is 30.2 Å². The van der Waals surface area contributed by atoms with Crippen molar-refractivity contribution in [2.75, 3.05) is 14.2 Å². The van der Waals surface area contributed by atoms with Crippen LogP contribution in [0.4, 0.5) is 0 Å². The number of hydrogen-bond donors (Lipinski definition) is 2. The number of amides is 1. The number of carboxylic acids is 1. The number of allylic oxidation sites excluding steroid dienone is 1. The van der Waals surface area contributed by atoms with Gasteiger partial charge in [-0.15, -0.1) is 0 Å². The number of furan rings is 1. The molecule has 41 heavy (non-hydrogen) atoms. The average molecular weight is 578 g/mol. The number of benzene rings is 2. The van der Waals surface area contributed by atoms with Gasteiger partial charge in [0.15, 0.2) is 5.75 Å². The number of rotatable bonds is 5. The summed E-state index contributed by atoms with van der Waals surface area (Å²) in [6.07, 6.45) is 0.101. The molecule has 1 unspecified atom stereocenters. The van der Waals surface area contributed by atoms with Crippen molar-refractivity contribution in [3.8, 4) is 28.6 Å².